The van der Waals surface area contributed by atoms with Crippen LogP contribution in [0.2, 0.25) is 0 Å². The Hall–Kier alpha value is -2.31. The zero-order valence-corrected chi connectivity index (χ0v) is 9.38. The number of nitrogens with one attached hydrogen (secondary N) is 2. The van der Waals surface area contributed by atoms with E-state index in [0.29, 0.717) is 5.56 Å². The van der Waals surface area contributed by atoms with Gasteiger partial charge in [-0.1, -0.05) is 6.08 Å². The van der Waals surface area contributed by atoms with Crippen molar-refractivity contribution in [2.75, 3.05) is 6.54 Å². The molecular weight excluding hydrogens is 224 g/mol. The molecule has 0 aliphatic rings. The molecule has 1 unspecified atom stereocenters. The molecule has 1 atom stereocenters. The summed E-state index contributed by atoms with van der Waals surface area (Å²) in [6.07, 6.45) is 4.43. The molecule has 92 valence electrons. The Morgan fingerprint density at radius 1 is 1.71 bits per heavy atom. The van der Waals surface area contributed by atoms with Gasteiger partial charge in [0.15, 0.2) is 6.04 Å². The number of rotatable bonds is 5. The maximum Gasteiger partial charge on any atom is 0.331 e. The van der Waals surface area contributed by atoms with Gasteiger partial charge in [-0.3, -0.25) is 4.68 Å². The number of aliphatic carboxylic acids is 1. The molecule has 1 aromatic rings. The van der Waals surface area contributed by atoms with Gasteiger partial charge < -0.3 is 15.7 Å². The molecule has 0 saturated heterocycles. The van der Waals surface area contributed by atoms with Gasteiger partial charge in [0.2, 0.25) is 0 Å². The second-order valence-electron chi connectivity index (χ2n) is 3.36. The highest BCUT2D eigenvalue weighted by molar-refractivity contribution is 5.83. The number of urea groups is 1. The third kappa shape index (κ3) is 3.63. The fourth-order valence-electron chi connectivity index (χ4n) is 1.22. The molecule has 0 radical (unpaired) electrons. The molecule has 7 nitrogen and oxygen atoms in total. The molecule has 0 spiro atoms. The lowest BCUT2D eigenvalue weighted by Crippen LogP contribution is -2.40. The standard InChI is InChI=1S/C10H14N4O3/c1-3-4-11-10(17)13-8(9(15)16)7-5-12-14(2)6-7/h3,5-6,8H,1,4H2,2H3,(H,15,16)(H2,11,13,17). The van der Waals surface area contributed by atoms with Gasteiger partial charge >= 0.3 is 12.0 Å². The van der Waals surface area contributed by atoms with Gasteiger partial charge in [0.05, 0.1) is 6.20 Å². The minimum Gasteiger partial charge on any atom is -0.479 e. The summed E-state index contributed by atoms with van der Waals surface area (Å²) in [5.74, 6) is -1.15. The number of hydrogen-bond donors (Lipinski definition) is 3. The Kier molecular flexibility index (Phi) is 4.27. The van der Waals surface area contributed by atoms with Crippen LogP contribution in [0.25, 0.3) is 0 Å². The van der Waals surface area contributed by atoms with Gasteiger partial charge in [-0.15, -0.1) is 6.58 Å². The Morgan fingerprint density at radius 2 is 2.41 bits per heavy atom. The number of hydrogen-bond acceptors (Lipinski definition) is 3. The molecular formula is C10H14N4O3. The SMILES string of the molecule is C=CCNC(=O)NC(C(=O)O)c1cnn(C)c1. The lowest BCUT2D eigenvalue weighted by Gasteiger charge is -2.12. The highest BCUT2D eigenvalue weighted by atomic mass is 16.4. The van der Waals surface area contributed by atoms with E-state index in [4.69, 9.17) is 5.11 Å². The second-order valence-corrected chi connectivity index (χ2v) is 3.36. The van der Waals surface area contributed by atoms with Gasteiger partial charge in [0.25, 0.3) is 0 Å². The normalized spacial score (nSPS) is 11.6. The summed E-state index contributed by atoms with van der Waals surface area (Å²) in [5.41, 5.74) is 0.411. The number of carbonyl (C=O) groups is 2. The second kappa shape index (κ2) is 5.69. The van der Waals surface area contributed by atoms with E-state index in [2.05, 4.69) is 22.3 Å². The predicted molar refractivity (Wildman–Crippen MR) is 60.3 cm³/mol. The average molecular weight is 238 g/mol. The fraction of sp³-hybridized carbons (Fsp3) is 0.300. The fourth-order valence-corrected chi connectivity index (χ4v) is 1.22. The Balaban J connectivity index is 2.70. The zero-order valence-electron chi connectivity index (χ0n) is 9.38. The first-order valence-corrected chi connectivity index (χ1v) is 4.91. The van der Waals surface area contributed by atoms with Gasteiger partial charge in [-0.25, -0.2) is 9.59 Å². The number of aromatic nitrogens is 2. The maximum atomic E-state index is 11.3. The van der Waals surface area contributed by atoms with Crippen molar-refractivity contribution in [3.05, 3.63) is 30.6 Å². The number of carbonyl (C=O) groups excluding carboxylic acids is 1. The number of amides is 2. The first-order valence-electron chi connectivity index (χ1n) is 4.91. The molecule has 0 fully saturated rings. The Morgan fingerprint density at radius 3 is 2.88 bits per heavy atom. The molecule has 0 aliphatic heterocycles. The number of nitrogens with zero attached hydrogens (tertiary/aromatic N) is 2. The molecule has 0 saturated carbocycles. The van der Waals surface area contributed by atoms with E-state index < -0.39 is 18.0 Å². The Labute approximate surface area is 98.1 Å². The van der Waals surface area contributed by atoms with E-state index in [0.717, 1.165) is 0 Å². The summed E-state index contributed by atoms with van der Waals surface area (Å²) < 4.78 is 1.47. The van der Waals surface area contributed by atoms with Crippen LogP contribution in [0.3, 0.4) is 0 Å². The summed E-state index contributed by atoms with van der Waals surface area (Å²) in [5, 5.41) is 17.6. The number of aryl methyl sites for hydroxylation is 1. The molecule has 1 heterocycles. The van der Waals surface area contributed by atoms with Crippen LogP contribution >= 0.6 is 0 Å². The molecule has 2 amide bonds. The quantitative estimate of drug-likeness (QED) is 0.630. The van der Waals surface area contributed by atoms with Crippen molar-refractivity contribution >= 4 is 12.0 Å². The van der Waals surface area contributed by atoms with Crippen LogP contribution in [0.4, 0.5) is 4.79 Å². The molecule has 3 N–H and O–H groups in total. The topological polar surface area (TPSA) is 96.2 Å². The van der Waals surface area contributed by atoms with Crippen LogP contribution in [-0.4, -0.2) is 33.4 Å². The monoisotopic (exact) mass is 238 g/mol. The van der Waals surface area contributed by atoms with Crippen molar-refractivity contribution in [1.29, 1.82) is 0 Å². The maximum absolute atomic E-state index is 11.3. The van der Waals surface area contributed by atoms with E-state index >= 15 is 0 Å². The Bertz CT molecular complexity index is 427. The van der Waals surface area contributed by atoms with E-state index in [9.17, 15) is 9.59 Å². The highest BCUT2D eigenvalue weighted by Gasteiger charge is 2.23. The molecule has 0 aliphatic carbocycles. The van der Waals surface area contributed by atoms with Gasteiger partial charge in [0, 0.05) is 25.4 Å². The van der Waals surface area contributed by atoms with Crippen molar-refractivity contribution in [2.24, 2.45) is 7.05 Å². The van der Waals surface area contributed by atoms with Gasteiger partial charge in [-0.2, -0.15) is 5.10 Å². The third-order valence-corrected chi connectivity index (χ3v) is 1.99. The smallest absolute Gasteiger partial charge is 0.331 e. The van der Waals surface area contributed by atoms with Crippen LogP contribution in [0.1, 0.15) is 11.6 Å². The van der Waals surface area contributed by atoms with Crippen molar-refractivity contribution in [2.45, 2.75) is 6.04 Å². The van der Waals surface area contributed by atoms with Crippen LogP contribution in [0.5, 0.6) is 0 Å². The highest BCUT2D eigenvalue weighted by Crippen LogP contribution is 2.11. The van der Waals surface area contributed by atoms with Crippen LogP contribution in [0, 0.1) is 0 Å². The first kappa shape index (κ1) is 12.8. The largest absolute Gasteiger partial charge is 0.479 e. The van der Waals surface area contributed by atoms with Crippen molar-refractivity contribution in [3.63, 3.8) is 0 Å². The molecule has 7 heteroatoms. The number of carboxylic acid groups (broad SMARTS) is 1. The average Bonchev–Trinajstić information content (AvgIpc) is 2.69. The van der Waals surface area contributed by atoms with Crippen molar-refractivity contribution < 1.29 is 14.7 Å². The molecule has 1 rings (SSSR count). The minimum atomic E-state index is -1.15. The van der Waals surface area contributed by atoms with Crippen molar-refractivity contribution in [1.82, 2.24) is 20.4 Å². The molecule has 0 bridgehead atoms. The van der Waals surface area contributed by atoms with Gasteiger partial charge in [0.1, 0.15) is 0 Å². The molecule has 17 heavy (non-hydrogen) atoms. The molecule has 1 aromatic heterocycles. The third-order valence-electron chi connectivity index (χ3n) is 1.99. The van der Waals surface area contributed by atoms with E-state index in [1.54, 1.807) is 7.05 Å². The summed E-state index contributed by atoms with van der Waals surface area (Å²) in [7, 11) is 1.67. The summed E-state index contributed by atoms with van der Waals surface area (Å²) in [4.78, 5) is 22.4. The van der Waals surface area contributed by atoms with E-state index in [1.807, 2.05) is 0 Å². The van der Waals surface area contributed by atoms with Crippen LogP contribution in [-0.2, 0) is 11.8 Å². The van der Waals surface area contributed by atoms with Gasteiger partial charge in [-0.05, 0) is 0 Å². The lowest BCUT2D eigenvalue weighted by atomic mass is 10.1. The summed E-state index contributed by atoms with van der Waals surface area (Å²) in [6.45, 7) is 3.71. The summed E-state index contributed by atoms with van der Waals surface area (Å²) >= 11 is 0. The molecule has 0 aromatic carbocycles. The van der Waals surface area contributed by atoms with Crippen molar-refractivity contribution in [3.8, 4) is 0 Å². The lowest BCUT2D eigenvalue weighted by molar-refractivity contribution is -0.139. The number of carboxylic acids is 1. The van der Waals surface area contributed by atoms with Crippen LogP contribution < -0.4 is 10.6 Å². The minimum absolute atomic E-state index is 0.269. The zero-order chi connectivity index (χ0) is 12.8. The first-order chi connectivity index (χ1) is 8.04. The predicted octanol–water partition coefficient (Wildman–Crippen LogP) is 0.0310. The summed E-state index contributed by atoms with van der Waals surface area (Å²) in [6, 6.07) is -1.69. The van der Waals surface area contributed by atoms with E-state index in [-0.39, 0.29) is 6.54 Å². The van der Waals surface area contributed by atoms with Crippen LogP contribution in [0.15, 0.2) is 25.0 Å². The van der Waals surface area contributed by atoms with E-state index in [1.165, 1.54) is 23.2 Å².